The molecule has 0 N–H and O–H groups in total. The molecular formula is C23H15NO7. The fourth-order valence-corrected chi connectivity index (χ4v) is 3.00. The molecule has 2 aromatic heterocycles. The second kappa shape index (κ2) is 8.11. The zero-order chi connectivity index (χ0) is 22.0. The molecule has 0 radical (unpaired) electrons. The molecular weight excluding hydrogens is 402 g/mol. The van der Waals surface area contributed by atoms with Gasteiger partial charge in [-0.25, -0.2) is 4.79 Å². The first kappa shape index (κ1) is 19.8. The van der Waals surface area contributed by atoms with E-state index in [4.69, 9.17) is 13.6 Å². The van der Waals surface area contributed by atoms with Gasteiger partial charge in [-0.15, -0.1) is 0 Å². The summed E-state index contributed by atoms with van der Waals surface area (Å²) in [4.78, 5) is 35.8. The van der Waals surface area contributed by atoms with Crippen molar-refractivity contribution in [3.63, 3.8) is 0 Å². The van der Waals surface area contributed by atoms with Crippen molar-refractivity contribution in [3.05, 3.63) is 98.4 Å². The van der Waals surface area contributed by atoms with E-state index in [9.17, 15) is 19.7 Å². The minimum Gasteiger partial charge on any atom is -0.461 e. The van der Waals surface area contributed by atoms with Crippen molar-refractivity contribution < 1.29 is 23.3 Å². The lowest BCUT2D eigenvalue weighted by molar-refractivity contribution is -0.384. The van der Waals surface area contributed by atoms with Gasteiger partial charge in [0.15, 0.2) is 5.76 Å². The highest BCUT2D eigenvalue weighted by molar-refractivity contribution is 5.91. The molecule has 31 heavy (non-hydrogen) atoms. The number of fused-ring (bicyclic) bond motifs is 1. The minimum absolute atomic E-state index is 0.0107. The molecule has 2 heterocycles. The average molecular weight is 417 g/mol. The number of carbonyl (C=O) groups is 1. The van der Waals surface area contributed by atoms with Gasteiger partial charge in [-0.05, 0) is 42.8 Å². The standard InChI is InChI=1S/C23H15NO7/c1-14-7-9-18-17(12-14)21(26)23(22(30-18)19-6-3-11-29-19)31-20(25)10-8-15-4-2-5-16(13-15)24(27)28/h2-13H,1H3. The molecule has 4 aromatic rings. The van der Waals surface area contributed by atoms with Gasteiger partial charge in [-0.2, -0.15) is 0 Å². The van der Waals surface area contributed by atoms with Crippen LogP contribution in [0.15, 0.2) is 80.6 Å². The number of benzene rings is 2. The van der Waals surface area contributed by atoms with Crippen LogP contribution in [-0.4, -0.2) is 10.9 Å². The fraction of sp³-hybridized carbons (Fsp3) is 0.0435. The fourth-order valence-electron chi connectivity index (χ4n) is 3.00. The molecule has 154 valence electrons. The first-order chi connectivity index (χ1) is 14.9. The summed E-state index contributed by atoms with van der Waals surface area (Å²) in [5.41, 5.74) is 0.968. The summed E-state index contributed by atoms with van der Waals surface area (Å²) >= 11 is 0. The predicted molar refractivity (Wildman–Crippen MR) is 113 cm³/mol. The van der Waals surface area contributed by atoms with Crippen molar-refractivity contribution in [2.24, 2.45) is 0 Å². The first-order valence-electron chi connectivity index (χ1n) is 9.18. The summed E-state index contributed by atoms with van der Waals surface area (Å²) in [6.45, 7) is 1.83. The lowest BCUT2D eigenvalue weighted by Gasteiger charge is -2.08. The maximum atomic E-state index is 13.0. The van der Waals surface area contributed by atoms with Gasteiger partial charge in [-0.1, -0.05) is 23.8 Å². The number of nitro groups is 1. The molecule has 0 amide bonds. The van der Waals surface area contributed by atoms with Gasteiger partial charge in [-0.3, -0.25) is 14.9 Å². The van der Waals surface area contributed by atoms with Crippen LogP contribution in [-0.2, 0) is 4.79 Å². The Balaban J connectivity index is 1.71. The van der Waals surface area contributed by atoms with E-state index >= 15 is 0 Å². The van der Waals surface area contributed by atoms with Crippen LogP contribution >= 0.6 is 0 Å². The van der Waals surface area contributed by atoms with E-state index in [1.54, 1.807) is 36.4 Å². The molecule has 2 aromatic carbocycles. The van der Waals surface area contributed by atoms with Crippen LogP contribution in [0.3, 0.4) is 0 Å². The van der Waals surface area contributed by atoms with Crippen molar-refractivity contribution in [3.8, 4) is 17.3 Å². The van der Waals surface area contributed by atoms with E-state index in [0.29, 0.717) is 11.1 Å². The molecule has 4 rings (SSSR count). The Morgan fingerprint density at radius 3 is 2.71 bits per heavy atom. The summed E-state index contributed by atoms with van der Waals surface area (Å²) in [5.74, 6) is -0.936. The van der Waals surface area contributed by atoms with Crippen LogP contribution < -0.4 is 10.2 Å². The van der Waals surface area contributed by atoms with E-state index in [0.717, 1.165) is 11.6 Å². The van der Waals surface area contributed by atoms with E-state index in [1.807, 2.05) is 6.92 Å². The molecule has 0 saturated heterocycles. The minimum atomic E-state index is -0.849. The molecule has 0 saturated carbocycles. The van der Waals surface area contributed by atoms with Crippen molar-refractivity contribution in [1.82, 2.24) is 0 Å². The van der Waals surface area contributed by atoms with Crippen LogP contribution in [0.25, 0.3) is 28.6 Å². The summed E-state index contributed by atoms with van der Waals surface area (Å²) in [6.07, 6.45) is 3.84. The number of furan rings is 1. The molecule has 8 heteroatoms. The number of carbonyl (C=O) groups excluding carboxylic acids is 1. The lowest BCUT2D eigenvalue weighted by Crippen LogP contribution is -2.14. The van der Waals surface area contributed by atoms with Gasteiger partial charge in [0, 0.05) is 18.2 Å². The Kier molecular flexibility index (Phi) is 5.19. The largest absolute Gasteiger partial charge is 0.461 e. The Labute approximate surface area is 175 Å². The molecule has 0 fully saturated rings. The van der Waals surface area contributed by atoms with Crippen LogP contribution in [0.5, 0.6) is 5.75 Å². The highest BCUT2D eigenvalue weighted by atomic mass is 16.6. The molecule has 0 unspecified atom stereocenters. The number of nitrogens with zero attached hydrogens (tertiary/aromatic N) is 1. The molecule has 8 nitrogen and oxygen atoms in total. The monoisotopic (exact) mass is 417 g/mol. The summed E-state index contributed by atoms with van der Waals surface area (Å²) in [7, 11) is 0. The average Bonchev–Trinajstić information content (AvgIpc) is 3.29. The van der Waals surface area contributed by atoms with Gasteiger partial charge in [0.1, 0.15) is 5.58 Å². The second-order valence-corrected chi connectivity index (χ2v) is 6.67. The van der Waals surface area contributed by atoms with Crippen LogP contribution in [0.2, 0.25) is 0 Å². The highest BCUT2D eigenvalue weighted by Gasteiger charge is 2.21. The summed E-state index contributed by atoms with van der Waals surface area (Å²) < 4.78 is 16.5. The molecule has 0 aliphatic carbocycles. The van der Waals surface area contributed by atoms with E-state index < -0.39 is 16.3 Å². The topological polar surface area (TPSA) is 113 Å². The van der Waals surface area contributed by atoms with Crippen molar-refractivity contribution in [1.29, 1.82) is 0 Å². The zero-order valence-electron chi connectivity index (χ0n) is 16.2. The van der Waals surface area contributed by atoms with Gasteiger partial charge < -0.3 is 13.6 Å². The van der Waals surface area contributed by atoms with Gasteiger partial charge >= 0.3 is 5.97 Å². The van der Waals surface area contributed by atoms with Crippen LogP contribution in [0, 0.1) is 17.0 Å². The molecule has 0 bridgehead atoms. The highest BCUT2D eigenvalue weighted by Crippen LogP contribution is 2.31. The lowest BCUT2D eigenvalue weighted by atomic mass is 10.1. The smallest absolute Gasteiger partial charge is 0.336 e. The molecule has 0 atom stereocenters. The van der Waals surface area contributed by atoms with E-state index in [2.05, 4.69) is 0 Å². The number of esters is 1. The summed E-state index contributed by atoms with van der Waals surface area (Å²) in [6, 6.07) is 14.0. The Hall–Kier alpha value is -4.46. The van der Waals surface area contributed by atoms with Gasteiger partial charge in [0.05, 0.1) is 16.6 Å². The first-order valence-corrected chi connectivity index (χ1v) is 9.18. The number of non-ortho nitro benzene ring substituents is 1. The third-order valence-corrected chi connectivity index (χ3v) is 4.44. The number of nitro benzene ring substituents is 1. The predicted octanol–water partition coefficient (Wildman–Crippen LogP) is 4.89. The summed E-state index contributed by atoms with van der Waals surface area (Å²) in [5, 5.41) is 11.2. The molecule has 0 aliphatic heterocycles. The maximum Gasteiger partial charge on any atom is 0.336 e. The normalized spacial score (nSPS) is 11.1. The molecule has 0 spiro atoms. The Bertz CT molecular complexity index is 1380. The number of aryl methyl sites for hydroxylation is 1. The third kappa shape index (κ3) is 4.13. The Morgan fingerprint density at radius 1 is 1.13 bits per heavy atom. The number of ether oxygens (including phenoxy) is 1. The number of hydrogen-bond donors (Lipinski definition) is 0. The van der Waals surface area contributed by atoms with E-state index in [-0.39, 0.29) is 28.3 Å². The zero-order valence-corrected chi connectivity index (χ0v) is 16.2. The van der Waals surface area contributed by atoms with Crippen molar-refractivity contribution in [2.45, 2.75) is 6.92 Å². The maximum absolute atomic E-state index is 13.0. The van der Waals surface area contributed by atoms with Gasteiger partial charge in [0.25, 0.3) is 5.69 Å². The van der Waals surface area contributed by atoms with Crippen molar-refractivity contribution in [2.75, 3.05) is 0 Å². The number of hydrogen-bond acceptors (Lipinski definition) is 7. The van der Waals surface area contributed by atoms with Crippen LogP contribution in [0.4, 0.5) is 5.69 Å². The third-order valence-electron chi connectivity index (χ3n) is 4.44. The van der Waals surface area contributed by atoms with Gasteiger partial charge in [0.2, 0.25) is 16.9 Å². The van der Waals surface area contributed by atoms with Crippen molar-refractivity contribution >= 4 is 28.7 Å². The second-order valence-electron chi connectivity index (χ2n) is 6.67. The SMILES string of the molecule is Cc1ccc2oc(-c3ccco3)c(OC(=O)C=Cc3cccc([N+](=O)[O-])c3)c(=O)c2c1. The molecule has 0 aliphatic rings. The number of rotatable bonds is 5. The Morgan fingerprint density at radius 2 is 1.97 bits per heavy atom. The van der Waals surface area contributed by atoms with E-state index in [1.165, 1.54) is 30.5 Å². The quantitative estimate of drug-likeness (QED) is 0.197. The van der Waals surface area contributed by atoms with Crippen LogP contribution in [0.1, 0.15) is 11.1 Å².